The molecule has 152 valence electrons. The van der Waals surface area contributed by atoms with E-state index in [4.69, 9.17) is 4.74 Å². The number of sulfonamides is 1. The Hall–Kier alpha value is -2.29. The lowest BCUT2D eigenvalue weighted by molar-refractivity contribution is 0.0925. The van der Waals surface area contributed by atoms with E-state index in [1.54, 1.807) is 12.1 Å². The van der Waals surface area contributed by atoms with Gasteiger partial charge in [0.25, 0.3) is 5.91 Å². The largest absolute Gasteiger partial charge is 0.383 e. The molecule has 0 aliphatic rings. The molecule has 0 saturated carbocycles. The molecule has 0 aliphatic heterocycles. The summed E-state index contributed by atoms with van der Waals surface area (Å²) in [6, 6.07) is 11.4. The molecule has 0 radical (unpaired) electrons. The van der Waals surface area contributed by atoms with Crippen LogP contribution in [0.1, 0.15) is 35.8 Å². The average Bonchev–Trinajstić information content (AvgIpc) is 2.67. The molecule has 28 heavy (non-hydrogen) atoms. The van der Waals surface area contributed by atoms with Gasteiger partial charge < -0.3 is 10.1 Å². The molecule has 0 bridgehead atoms. The number of rotatable bonds is 9. The van der Waals surface area contributed by atoms with Crippen LogP contribution in [0.25, 0.3) is 0 Å². The van der Waals surface area contributed by atoms with E-state index in [1.165, 1.54) is 43.5 Å². The average molecular weight is 408 g/mol. The second-order valence-corrected chi connectivity index (χ2v) is 8.43. The van der Waals surface area contributed by atoms with Gasteiger partial charge in [-0.1, -0.05) is 26.0 Å². The zero-order valence-corrected chi connectivity index (χ0v) is 16.9. The summed E-state index contributed by atoms with van der Waals surface area (Å²) in [6.07, 6.45) is 0. The predicted octanol–water partition coefficient (Wildman–Crippen LogP) is 2.88. The summed E-state index contributed by atoms with van der Waals surface area (Å²) < 4.78 is 44.7. The van der Waals surface area contributed by atoms with Crippen LogP contribution in [0.5, 0.6) is 0 Å². The highest BCUT2D eigenvalue weighted by molar-refractivity contribution is 7.89. The van der Waals surface area contributed by atoms with Crippen LogP contribution in [0.3, 0.4) is 0 Å². The highest BCUT2D eigenvalue weighted by Crippen LogP contribution is 2.22. The number of halogens is 1. The normalized spacial score (nSPS) is 12.8. The van der Waals surface area contributed by atoms with Gasteiger partial charge in [-0.2, -0.15) is 0 Å². The molecule has 0 aliphatic carbocycles. The van der Waals surface area contributed by atoms with Crippen molar-refractivity contribution in [2.45, 2.75) is 24.8 Å². The molecule has 0 heterocycles. The number of nitrogens with one attached hydrogen (secondary N) is 2. The predicted molar refractivity (Wildman–Crippen MR) is 105 cm³/mol. The third-order valence-electron chi connectivity index (χ3n) is 4.21. The summed E-state index contributed by atoms with van der Waals surface area (Å²) in [6.45, 7) is 4.33. The fourth-order valence-electron chi connectivity index (χ4n) is 2.68. The van der Waals surface area contributed by atoms with E-state index < -0.39 is 10.0 Å². The molecule has 1 atom stereocenters. The van der Waals surface area contributed by atoms with Crippen molar-refractivity contribution in [1.82, 2.24) is 10.0 Å². The van der Waals surface area contributed by atoms with Gasteiger partial charge in [0.15, 0.2) is 0 Å². The quantitative estimate of drug-likeness (QED) is 0.625. The second-order valence-electron chi connectivity index (χ2n) is 6.66. The SMILES string of the molecule is COCCNS(=O)(=O)c1ccc(C(=O)NC(c2ccc(F)cc2)C(C)C)cc1. The molecule has 0 spiro atoms. The van der Waals surface area contributed by atoms with E-state index in [-0.39, 0.29) is 41.7 Å². The Kier molecular flexibility index (Phi) is 7.68. The number of benzene rings is 2. The molecular formula is C20H25FN2O4S. The zero-order chi connectivity index (χ0) is 20.7. The van der Waals surface area contributed by atoms with Crippen molar-refractivity contribution in [2.75, 3.05) is 20.3 Å². The Morgan fingerprint density at radius 1 is 1.07 bits per heavy atom. The Labute approximate surface area is 165 Å². The summed E-state index contributed by atoms with van der Waals surface area (Å²) in [5.74, 6) is -0.591. The van der Waals surface area contributed by atoms with Crippen molar-refractivity contribution in [2.24, 2.45) is 5.92 Å². The fourth-order valence-corrected chi connectivity index (χ4v) is 3.69. The maximum atomic E-state index is 13.2. The highest BCUT2D eigenvalue weighted by Gasteiger charge is 2.20. The van der Waals surface area contributed by atoms with Crippen LogP contribution in [0.2, 0.25) is 0 Å². The standard InChI is InChI=1S/C20H25FN2O4S/c1-14(2)19(15-4-8-17(21)9-5-15)23-20(24)16-6-10-18(11-7-16)28(25,26)22-12-13-27-3/h4-11,14,19,22H,12-13H2,1-3H3,(H,23,24). The van der Waals surface area contributed by atoms with Gasteiger partial charge in [-0.05, 0) is 47.9 Å². The van der Waals surface area contributed by atoms with Crippen molar-refractivity contribution in [3.63, 3.8) is 0 Å². The van der Waals surface area contributed by atoms with Gasteiger partial charge in [0.05, 0.1) is 17.5 Å². The molecule has 2 aromatic rings. The van der Waals surface area contributed by atoms with Gasteiger partial charge >= 0.3 is 0 Å². The van der Waals surface area contributed by atoms with Crippen molar-refractivity contribution < 1.29 is 22.3 Å². The zero-order valence-electron chi connectivity index (χ0n) is 16.1. The lowest BCUT2D eigenvalue weighted by atomic mass is 9.95. The van der Waals surface area contributed by atoms with Crippen molar-refractivity contribution in [3.05, 3.63) is 65.5 Å². The molecule has 1 amide bonds. The molecule has 1 unspecified atom stereocenters. The Balaban J connectivity index is 2.12. The minimum atomic E-state index is -3.66. The monoisotopic (exact) mass is 408 g/mol. The smallest absolute Gasteiger partial charge is 0.251 e. The number of ether oxygens (including phenoxy) is 1. The van der Waals surface area contributed by atoms with Gasteiger partial charge in [0.2, 0.25) is 10.0 Å². The van der Waals surface area contributed by atoms with E-state index >= 15 is 0 Å². The van der Waals surface area contributed by atoms with Crippen LogP contribution >= 0.6 is 0 Å². The highest BCUT2D eigenvalue weighted by atomic mass is 32.2. The molecule has 2 aromatic carbocycles. The first-order valence-electron chi connectivity index (χ1n) is 8.89. The van der Waals surface area contributed by atoms with E-state index in [1.807, 2.05) is 13.8 Å². The number of hydrogen-bond acceptors (Lipinski definition) is 4. The van der Waals surface area contributed by atoms with Crippen LogP contribution in [0, 0.1) is 11.7 Å². The van der Waals surface area contributed by atoms with Crippen LogP contribution in [0.4, 0.5) is 4.39 Å². The topological polar surface area (TPSA) is 84.5 Å². The number of amides is 1. The first-order chi connectivity index (χ1) is 13.2. The van der Waals surface area contributed by atoms with Crippen LogP contribution < -0.4 is 10.0 Å². The van der Waals surface area contributed by atoms with Gasteiger partial charge in [-0.25, -0.2) is 17.5 Å². The number of carbonyl (C=O) groups excluding carboxylic acids is 1. The number of methoxy groups -OCH3 is 1. The van der Waals surface area contributed by atoms with Gasteiger partial charge in [0.1, 0.15) is 5.82 Å². The first kappa shape index (κ1) is 22.0. The molecule has 8 heteroatoms. The van der Waals surface area contributed by atoms with Crippen molar-refractivity contribution in [1.29, 1.82) is 0 Å². The molecule has 0 fully saturated rings. The number of carbonyl (C=O) groups is 1. The lowest BCUT2D eigenvalue weighted by Gasteiger charge is -2.23. The third kappa shape index (κ3) is 5.85. The van der Waals surface area contributed by atoms with Gasteiger partial charge in [-0.3, -0.25) is 4.79 Å². The van der Waals surface area contributed by atoms with Crippen LogP contribution in [0.15, 0.2) is 53.4 Å². The van der Waals surface area contributed by atoms with E-state index in [0.29, 0.717) is 5.56 Å². The maximum absolute atomic E-state index is 13.2. The van der Waals surface area contributed by atoms with E-state index in [0.717, 1.165) is 5.56 Å². The summed E-state index contributed by atoms with van der Waals surface area (Å²) in [5.41, 5.74) is 1.13. The summed E-state index contributed by atoms with van der Waals surface area (Å²) in [7, 11) is -2.17. The summed E-state index contributed by atoms with van der Waals surface area (Å²) in [5, 5.41) is 2.93. The first-order valence-corrected chi connectivity index (χ1v) is 10.4. The molecule has 2 rings (SSSR count). The summed E-state index contributed by atoms with van der Waals surface area (Å²) in [4.78, 5) is 12.7. The fraction of sp³-hybridized carbons (Fsp3) is 0.350. The van der Waals surface area contributed by atoms with Crippen LogP contribution in [-0.2, 0) is 14.8 Å². The van der Waals surface area contributed by atoms with E-state index in [9.17, 15) is 17.6 Å². The molecular weight excluding hydrogens is 383 g/mol. The maximum Gasteiger partial charge on any atom is 0.251 e. The van der Waals surface area contributed by atoms with Crippen molar-refractivity contribution >= 4 is 15.9 Å². The molecule has 0 saturated heterocycles. The minimum absolute atomic E-state index is 0.0686. The van der Waals surface area contributed by atoms with Crippen molar-refractivity contribution in [3.8, 4) is 0 Å². The second kappa shape index (κ2) is 9.77. The van der Waals surface area contributed by atoms with Crippen LogP contribution in [-0.4, -0.2) is 34.6 Å². The van der Waals surface area contributed by atoms with Gasteiger partial charge in [0, 0.05) is 19.2 Å². The van der Waals surface area contributed by atoms with Gasteiger partial charge in [-0.15, -0.1) is 0 Å². The lowest BCUT2D eigenvalue weighted by Crippen LogP contribution is -2.32. The Morgan fingerprint density at radius 3 is 2.21 bits per heavy atom. The van der Waals surface area contributed by atoms with E-state index in [2.05, 4.69) is 10.0 Å². The molecule has 0 aromatic heterocycles. The minimum Gasteiger partial charge on any atom is -0.383 e. The molecule has 6 nitrogen and oxygen atoms in total. The summed E-state index contributed by atoms with van der Waals surface area (Å²) >= 11 is 0. The Morgan fingerprint density at radius 2 is 1.68 bits per heavy atom. The Bertz CT molecular complexity index is 881. The molecule has 2 N–H and O–H groups in total. The number of hydrogen-bond donors (Lipinski definition) is 2. The third-order valence-corrected chi connectivity index (χ3v) is 5.68.